The average Bonchev–Trinajstić information content (AvgIpc) is 2.92. The SMILES string of the molecule is Cc1nnc(CN2CCC[C@@H](COc3ccccc3F)C2)s1. The Morgan fingerprint density at radius 2 is 2.23 bits per heavy atom. The molecule has 22 heavy (non-hydrogen) atoms. The highest BCUT2D eigenvalue weighted by Gasteiger charge is 2.21. The zero-order chi connectivity index (χ0) is 15.4. The first-order chi connectivity index (χ1) is 10.7. The molecule has 0 aliphatic carbocycles. The number of hydrogen-bond donors (Lipinski definition) is 0. The van der Waals surface area contributed by atoms with Crippen LogP contribution in [-0.2, 0) is 6.54 Å². The molecule has 1 fully saturated rings. The summed E-state index contributed by atoms with van der Waals surface area (Å²) in [5.41, 5.74) is 0. The molecule has 0 spiro atoms. The number of piperidine rings is 1. The molecular formula is C16H20FN3OS. The Labute approximate surface area is 133 Å². The highest BCUT2D eigenvalue weighted by Crippen LogP contribution is 2.22. The third-order valence-corrected chi connectivity index (χ3v) is 4.66. The van der Waals surface area contributed by atoms with Crippen LogP contribution in [0.25, 0.3) is 0 Å². The molecule has 1 aromatic heterocycles. The molecule has 4 nitrogen and oxygen atoms in total. The Balaban J connectivity index is 1.51. The number of aromatic nitrogens is 2. The molecular weight excluding hydrogens is 301 g/mol. The lowest BCUT2D eigenvalue weighted by molar-refractivity contribution is 0.123. The number of para-hydroxylation sites is 1. The minimum Gasteiger partial charge on any atom is -0.490 e. The molecule has 0 radical (unpaired) electrons. The maximum atomic E-state index is 13.6. The minimum absolute atomic E-state index is 0.292. The predicted octanol–water partition coefficient (Wildman–Crippen LogP) is 3.28. The lowest BCUT2D eigenvalue weighted by Crippen LogP contribution is -2.37. The van der Waals surface area contributed by atoms with Gasteiger partial charge in [-0.1, -0.05) is 12.1 Å². The average molecular weight is 321 g/mol. The molecule has 1 atom stereocenters. The third-order valence-electron chi connectivity index (χ3n) is 3.84. The second-order valence-corrected chi connectivity index (χ2v) is 6.97. The first kappa shape index (κ1) is 15.4. The zero-order valence-corrected chi connectivity index (χ0v) is 13.5. The van der Waals surface area contributed by atoms with Gasteiger partial charge in [-0.05, 0) is 38.4 Å². The van der Waals surface area contributed by atoms with E-state index in [1.807, 2.05) is 6.92 Å². The van der Waals surface area contributed by atoms with Crippen LogP contribution in [0.4, 0.5) is 4.39 Å². The number of rotatable bonds is 5. The summed E-state index contributed by atoms with van der Waals surface area (Å²) in [6, 6.07) is 6.58. The van der Waals surface area contributed by atoms with Gasteiger partial charge in [-0.3, -0.25) is 4.90 Å². The fraction of sp³-hybridized carbons (Fsp3) is 0.500. The number of likely N-dealkylation sites (tertiary alicyclic amines) is 1. The molecule has 0 unspecified atom stereocenters. The van der Waals surface area contributed by atoms with E-state index >= 15 is 0 Å². The number of aryl methyl sites for hydroxylation is 1. The first-order valence-electron chi connectivity index (χ1n) is 7.59. The molecule has 118 valence electrons. The van der Waals surface area contributed by atoms with Crippen LogP contribution in [0.3, 0.4) is 0 Å². The van der Waals surface area contributed by atoms with Gasteiger partial charge in [-0.15, -0.1) is 21.5 Å². The van der Waals surface area contributed by atoms with Crippen molar-refractivity contribution >= 4 is 11.3 Å². The summed E-state index contributed by atoms with van der Waals surface area (Å²) in [5.74, 6) is 0.487. The molecule has 3 rings (SSSR count). The van der Waals surface area contributed by atoms with E-state index in [0.717, 1.165) is 42.5 Å². The Morgan fingerprint density at radius 3 is 3.00 bits per heavy atom. The Kier molecular flexibility index (Phi) is 5.00. The standard InChI is InChI=1S/C16H20FN3OS/c1-12-18-19-16(22-12)10-20-8-4-5-13(9-20)11-21-15-7-3-2-6-14(15)17/h2-3,6-7,13H,4-5,8-11H2,1H3/t13-/m1/s1. The van der Waals surface area contributed by atoms with Gasteiger partial charge in [0, 0.05) is 12.5 Å². The molecule has 2 aromatic rings. The maximum Gasteiger partial charge on any atom is 0.165 e. The molecule has 2 heterocycles. The van der Waals surface area contributed by atoms with Crippen molar-refractivity contribution in [2.75, 3.05) is 19.7 Å². The van der Waals surface area contributed by atoms with Crippen LogP contribution in [0.15, 0.2) is 24.3 Å². The van der Waals surface area contributed by atoms with E-state index in [0.29, 0.717) is 18.3 Å². The van der Waals surface area contributed by atoms with E-state index in [-0.39, 0.29) is 5.82 Å². The normalized spacial score (nSPS) is 19.3. The Hall–Kier alpha value is -1.53. The second kappa shape index (κ2) is 7.15. The molecule has 1 saturated heterocycles. The van der Waals surface area contributed by atoms with Crippen LogP contribution in [0.1, 0.15) is 22.9 Å². The molecule has 0 amide bonds. The number of halogens is 1. The molecule has 1 aromatic carbocycles. The van der Waals surface area contributed by atoms with E-state index in [1.165, 1.54) is 6.07 Å². The zero-order valence-electron chi connectivity index (χ0n) is 12.7. The summed E-state index contributed by atoms with van der Waals surface area (Å²) in [4.78, 5) is 2.39. The number of nitrogens with zero attached hydrogens (tertiary/aromatic N) is 3. The summed E-state index contributed by atoms with van der Waals surface area (Å²) >= 11 is 1.65. The second-order valence-electron chi connectivity index (χ2n) is 5.70. The van der Waals surface area contributed by atoms with Gasteiger partial charge >= 0.3 is 0 Å². The molecule has 0 bridgehead atoms. The quantitative estimate of drug-likeness (QED) is 0.847. The van der Waals surface area contributed by atoms with Crippen molar-refractivity contribution < 1.29 is 9.13 Å². The summed E-state index contributed by atoms with van der Waals surface area (Å²) in [7, 11) is 0. The summed E-state index contributed by atoms with van der Waals surface area (Å²) in [6.45, 7) is 5.43. The highest BCUT2D eigenvalue weighted by atomic mass is 32.1. The van der Waals surface area contributed by atoms with Crippen LogP contribution < -0.4 is 4.74 Å². The van der Waals surface area contributed by atoms with Crippen molar-refractivity contribution in [1.82, 2.24) is 15.1 Å². The van der Waals surface area contributed by atoms with Crippen molar-refractivity contribution in [3.63, 3.8) is 0 Å². The summed E-state index contributed by atoms with van der Waals surface area (Å²) < 4.78 is 19.2. The van der Waals surface area contributed by atoms with Gasteiger partial charge in [0.05, 0.1) is 13.2 Å². The smallest absolute Gasteiger partial charge is 0.165 e. The molecule has 1 aliphatic rings. The topological polar surface area (TPSA) is 38.2 Å². The van der Waals surface area contributed by atoms with Gasteiger partial charge in [0.2, 0.25) is 0 Å². The first-order valence-corrected chi connectivity index (χ1v) is 8.41. The van der Waals surface area contributed by atoms with Gasteiger partial charge in [0.1, 0.15) is 10.0 Å². The van der Waals surface area contributed by atoms with Gasteiger partial charge in [-0.25, -0.2) is 4.39 Å². The van der Waals surface area contributed by atoms with E-state index in [4.69, 9.17) is 4.74 Å². The van der Waals surface area contributed by atoms with E-state index < -0.39 is 0 Å². The molecule has 1 aliphatic heterocycles. The highest BCUT2D eigenvalue weighted by molar-refractivity contribution is 7.11. The fourth-order valence-corrected chi connectivity index (χ4v) is 3.54. The molecule has 0 N–H and O–H groups in total. The van der Waals surface area contributed by atoms with Crippen LogP contribution in [0, 0.1) is 18.7 Å². The largest absolute Gasteiger partial charge is 0.490 e. The van der Waals surface area contributed by atoms with Crippen molar-refractivity contribution in [3.8, 4) is 5.75 Å². The predicted molar refractivity (Wildman–Crippen MR) is 84.5 cm³/mol. The lowest BCUT2D eigenvalue weighted by Gasteiger charge is -2.31. The van der Waals surface area contributed by atoms with Gasteiger partial charge < -0.3 is 4.74 Å². The van der Waals surface area contributed by atoms with Crippen LogP contribution in [0.2, 0.25) is 0 Å². The van der Waals surface area contributed by atoms with Crippen LogP contribution in [-0.4, -0.2) is 34.8 Å². The number of hydrogen-bond acceptors (Lipinski definition) is 5. The van der Waals surface area contributed by atoms with Gasteiger partial charge in [0.15, 0.2) is 11.6 Å². The van der Waals surface area contributed by atoms with Crippen molar-refractivity contribution in [2.24, 2.45) is 5.92 Å². The summed E-state index contributed by atoms with van der Waals surface area (Å²) in [6.07, 6.45) is 2.27. The number of benzene rings is 1. The minimum atomic E-state index is -0.292. The van der Waals surface area contributed by atoms with Crippen molar-refractivity contribution in [2.45, 2.75) is 26.3 Å². The van der Waals surface area contributed by atoms with Crippen LogP contribution in [0.5, 0.6) is 5.75 Å². The van der Waals surface area contributed by atoms with Crippen molar-refractivity contribution in [1.29, 1.82) is 0 Å². The van der Waals surface area contributed by atoms with Crippen molar-refractivity contribution in [3.05, 3.63) is 40.1 Å². The third kappa shape index (κ3) is 4.01. The van der Waals surface area contributed by atoms with E-state index in [1.54, 1.807) is 29.5 Å². The van der Waals surface area contributed by atoms with E-state index in [2.05, 4.69) is 15.1 Å². The summed E-state index contributed by atoms with van der Waals surface area (Å²) in [5, 5.41) is 10.3. The van der Waals surface area contributed by atoms with Gasteiger partial charge in [-0.2, -0.15) is 0 Å². The van der Waals surface area contributed by atoms with Crippen LogP contribution >= 0.6 is 11.3 Å². The number of ether oxygens (including phenoxy) is 1. The molecule has 6 heteroatoms. The maximum absolute atomic E-state index is 13.6. The lowest BCUT2D eigenvalue weighted by atomic mass is 9.99. The van der Waals surface area contributed by atoms with E-state index in [9.17, 15) is 4.39 Å². The van der Waals surface area contributed by atoms with Gasteiger partial charge in [0.25, 0.3) is 0 Å². The fourth-order valence-electron chi connectivity index (χ4n) is 2.79. The Bertz CT molecular complexity index is 619. The Morgan fingerprint density at radius 1 is 1.36 bits per heavy atom. The monoisotopic (exact) mass is 321 g/mol. The molecule has 0 saturated carbocycles.